The molecule has 14 heavy (non-hydrogen) atoms. The quantitative estimate of drug-likeness (QED) is 0.738. The lowest BCUT2D eigenvalue weighted by Gasteiger charge is -2.31. The topological polar surface area (TPSA) is 53.6 Å². The van der Waals surface area contributed by atoms with Gasteiger partial charge in [-0.3, -0.25) is 5.10 Å². The smallest absolute Gasteiger partial charge is 0.156 e. The Hall–Kier alpha value is -0.900. The van der Waals surface area contributed by atoms with Gasteiger partial charge >= 0.3 is 0 Å². The zero-order chi connectivity index (χ0) is 10.0. The van der Waals surface area contributed by atoms with Gasteiger partial charge in [-0.25, -0.2) is 4.98 Å². The Labute approximate surface area is 84.5 Å². The first-order valence-corrected chi connectivity index (χ1v) is 5.37. The highest BCUT2D eigenvalue weighted by Crippen LogP contribution is 2.29. The van der Waals surface area contributed by atoms with Crippen LogP contribution in [0.2, 0.25) is 0 Å². The molecule has 1 aromatic rings. The van der Waals surface area contributed by atoms with Crippen LogP contribution in [0.5, 0.6) is 0 Å². The van der Waals surface area contributed by atoms with Gasteiger partial charge in [-0.2, -0.15) is 5.10 Å². The highest BCUT2D eigenvalue weighted by atomic mass is 15.2. The maximum Gasteiger partial charge on any atom is 0.156 e. The highest BCUT2D eigenvalue weighted by Gasteiger charge is 2.32. The van der Waals surface area contributed by atoms with E-state index in [0.717, 1.165) is 44.0 Å². The van der Waals surface area contributed by atoms with Crippen LogP contribution in [-0.2, 0) is 11.8 Å². The van der Waals surface area contributed by atoms with E-state index in [-0.39, 0.29) is 5.41 Å². The van der Waals surface area contributed by atoms with E-state index < -0.39 is 0 Å². The number of rotatable bonds is 2. The van der Waals surface area contributed by atoms with E-state index in [2.05, 4.69) is 34.3 Å². The molecule has 1 aliphatic heterocycles. The van der Waals surface area contributed by atoms with Crippen molar-refractivity contribution in [2.45, 2.75) is 38.5 Å². The zero-order valence-corrected chi connectivity index (χ0v) is 8.93. The van der Waals surface area contributed by atoms with Crippen molar-refractivity contribution in [3.05, 3.63) is 11.6 Å². The van der Waals surface area contributed by atoms with Gasteiger partial charge in [-0.05, 0) is 25.9 Å². The van der Waals surface area contributed by atoms with Crippen LogP contribution in [0, 0.1) is 0 Å². The monoisotopic (exact) mass is 194 g/mol. The molecule has 1 saturated heterocycles. The average molecular weight is 194 g/mol. The molecule has 0 spiro atoms. The van der Waals surface area contributed by atoms with Crippen LogP contribution in [0.15, 0.2) is 0 Å². The number of nitrogens with one attached hydrogen (secondary N) is 2. The van der Waals surface area contributed by atoms with Gasteiger partial charge in [0.25, 0.3) is 0 Å². The highest BCUT2D eigenvalue weighted by molar-refractivity contribution is 5.08. The molecule has 0 amide bonds. The third-order valence-corrected chi connectivity index (χ3v) is 3.11. The average Bonchev–Trinajstić information content (AvgIpc) is 2.67. The van der Waals surface area contributed by atoms with Gasteiger partial charge in [0, 0.05) is 11.8 Å². The summed E-state index contributed by atoms with van der Waals surface area (Å²) in [6, 6.07) is 0. The molecule has 4 heteroatoms. The van der Waals surface area contributed by atoms with Gasteiger partial charge in [0.2, 0.25) is 0 Å². The van der Waals surface area contributed by atoms with Crippen molar-refractivity contribution in [1.82, 2.24) is 20.5 Å². The zero-order valence-electron chi connectivity index (χ0n) is 8.93. The first-order chi connectivity index (χ1) is 6.74. The second kappa shape index (κ2) is 3.69. The molecular formula is C10H18N4. The Morgan fingerprint density at radius 2 is 2.07 bits per heavy atom. The van der Waals surface area contributed by atoms with Crippen molar-refractivity contribution in [1.29, 1.82) is 0 Å². The summed E-state index contributed by atoms with van der Waals surface area (Å²) in [4.78, 5) is 4.53. The third kappa shape index (κ3) is 1.66. The van der Waals surface area contributed by atoms with E-state index >= 15 is 0 Å². The molecule has 1 aliphatic rings. The Morgan fingerprint density at radius 3 is 2.64 bits per heavy atom. The predicted molar refractivity (Wildman–Crippen MR) is 55.2 cm³/mol. The van der Waals surface area contributed by atoms with E-state index in [0.29, 0.717) is 0 Å². The number of hydrogen-bond donors (Lipinski definition) is 2. The first kappa shape index (κ1) is 9.65. The number of aromatic nitrogens is 3. The van der Waals surface area contributed by atoms with Gasteiger partial charge in [0.05, 0.1) is 0 Å². The van der Waals surface area contributed by atoms with Crippen LogP contribution in [0.4, 0.5) is 0 Å². The van der Waals surface area contributed by atoms with Crippen molar-refractivity contribution >= 4 is 0 Å². The molecule has 0 bridgehead atoms. The summed E-state index contributed by atoms with van der Waals surface area (Å²) in [6.07, 6.45) is 3.20. The number of hydrogen-bond acceptors (Lipinski definition) is 3. The van der Waals surface area contributed by atoms with Crippen molar-refractivity contribution in [3.63, 3.8) is 0 Å². The normalized spacial score (nSPS) is 21.0. The van der Waals surface area contributed by atoms with E-state index in [9.17, 15) is 0 Å². The molecule has 0 radical (unpaired) electrons. The van der Waals surface area contributed by atoms with Crippen molar-refractivity contribution < 1.29 is 0 Å². The molecule has 0 unspecified atom stereocenters. The maximum absolute atomic E-state index is 4.53. The molecule has 2 N–H and O–H groups in total. The van der Waals surface area contributed by atoms with Crippen LogP contribution in [0.3, 0.4) is 0 Å². The lowest BCUT2D eigenvalue weighted by atomic mass is 9.80. The summed E-state index contributed by atoms with van der Waals surface area (Å²) in [5.41, 5.74) is 0.176. The fourth-order valence-electron chi connectivity index (χ4n) is 1.93. The first-order valence-electron chi connectivity index (χ1n) is 5.37. The number of H-pyrrole nitrogens is 1. The Bertz CT molecular complexity index is 299. The van der Waals surface area contributed by atoms with Crippen LogP contribution in [0.25, 0.3) is 0 Å². The van der Waals surface area contributed by atoms with Gasteiger partial charge in [0.1, 0.15) is 5.82 Å². The molecule has 0 aromatic carbocycles. The standard InChI is InChI=1S/C10H18N4/c1-3-8-12-9(14-13-8)10(2)4-6-11-7-5-10/h11H,3-7H2,1-2H3,(H,12,13,14). The van der Waals surface area contributed by atoms with Gasteiger partial charge in [-0.15, -0.1) is 0 Å². The Morgan fingerprint density at radius 1 is 1.36 bits per heavy atom. The largest absolute Gasteiger partial charge is 0.317 e. The summed E-state index contributed by atoms with van der Waals surface area (Å²) < 4.78 is 0. The summed E-state index contributed by atoms with van der Waals surface area (Å²) in [6.45, 7) is 6.50. The van der Waals surface area contributed by atoms with E-state index in [4.69, 9.17) is 0 Å². The summed E-state index contributed by atoms with van der Waals surface area (Å²) in [7, 11) is 0. The van der Waals surface area contributed by atoms with Gasteiger partial charge in [-0.1, -0.05) is 13.8 Å². The minimum absolute atomic E-state index is 0.176. The number of aromatic amines is 1. The summed E-state index contributed by atoms with van der Waals surface area (Å²) in [5.74, 6) is 2.00. The molecule has 4 nitrogen and oxygen atoms in total. The van der Waals surface area contributed by atoms with Crippen molar-refractivity contribution in [3.8, 4) is 0 Å². The SMILES string of the molecule is CCc1nc(C2(C)CCNCC2)n[nH]1. The molecule has 1 fully saturated rings. The lowest BCUT2D eigenvalue weighted by Crippen LogP contribution is -2.38. The molecule has 0 saturated carbocycles. The molecule has 1 aromatic heterocycles. The van der Waals surface area contributed by atoms with Crippen molar-refractivity contribution in [2.75, 3.05) is 13.1 Å². The number of aryl methyl sites for hydroxylation is 1. The Kier molecular flexibility index (Phi) is 2.54. The second-order valence-corrected chi connectivity index (χ2v) is 4.27. The third-order valence-electron chi connectivity index (χ3n) is 3.11. The fourth-order valence-corrected chi connectivity index (χ4v) is 1.93. The molecule has 2 rings (SSSR count). The van der Waals surface area contributed by atoms with E-state index in [1.165, 1.54) is 0 Å². The Balaban J connectivity index is 2.19. The van der Waals surface area contributed by atoms with E-state index in [1.807, 2.05) is 0 Å². The predicted octanol–water partition coefficient (Wildman–Crippen LogP) is 1.01. The molecule has 0 aliphatic carbocycles. The fraction of sp³-hybridized carbons (Fsp3) is 0.800. The van der Waals surface area contributed by atoms with Crippen LogP contribution >= 0.6 is 0 Å². The second-order valence-electron chi connectivity index (χ2n) is 4.27. The van der Waals surface area contributed by atoms with Gasteiger partial charge in [0.15, 0.2) is 5.82 Å². The minimum atomic E-state index is 0.176. The molecule has 0 atom stereocenters. The maximum atomic E-state index is 4.53. The van der Waals surface area contributed by atoms with Crippen LogP contribution in [0.1, 0.15) is 38.3 Å². The molecular weight excluding hydrogens is 176 g/mol. The van der Waals surface area contributed by atoms with E-state index in [1.54, 1.807) is 0 Å². The minimum Gasteiger partial charge on any atom is -0.317 e. The molecule has 2 heterocycles. The summed E-state index contributed by atoms with van der Waals surface area (Å²) >= 11 is 0. The number of nitrogens with zero attached hydrogens (tertiary/aromatic N) is 2. The van der Waals surface area contributed by atoms with Crippen LogP contribution in [-0.4, -0.2) is 28.3 Å². The van der Waals surface area contributed by atoms with Gasteiger partial charge < -0.3 is 5.32 Å². The van der Waals surface area contributed by atoms with Crippen molar-refractivity contribution in [2.24, 2.45) is 0 Å². The lowest BCUT2D eigenvalue weighted by molar-refractivity contribution is 0.319. The number of piperidine rings is 1. The molecule has 78 valence electrons. The summed E-state index contributed by atoms with van der Waals surface area (Å²) in [5, 5.41) is 10.7. The van der Waals surface area contributed by atoms with Crippen LogP contribution < -0.4 is 5.32 Å².